The molecule has 0 aliphatic heterocycles. The number of halogens is 2. The summed E-state index contributed by atoms with van der Waals surface area (Å²) in [5.74, 6) is 3.39. The van der Waals surface area contributed by atoms with Crippen LogP contribution in [0.15, 0.2) is 18.2 Å². The van der Waals surface area contributed by atoms with Gasteiger partial charge in [0.25, 0.3) is 0 Å². The molecule has 1 rings (SSSR count). The molecule has 0 amide bonds. The maximum Gasteiger partial charge on any atom is 0.163 e. The van der Waals surface area contributed by atoms with Crippen molar-refractivity contribution >= 4 is 0 Å². The summed E-state index contributed by atoms with van der Waals surface area (Å²) in [5.41, 5.74) is 2.58. The molecule has 4 heteroatoms. The van der Waals surface area contributed by atoms with Gasteiger partial charge in [-0.05, 0) is 13.0 Å². The highest BCUT2D eigenvalue weighted by Crippen LogP contribution is 2.17. The molecule has 3 N–H and O–H groups in total. The van der Waals surface area contributed by atoms with Gasteiger partial charge in [0.1, 0.15) is 0 Å². The van der Waals surface area contributed by atoms with Crippen molar-refractivity contribution in [2.45, 2.75) is 13.0 Å². The van der Waals surface area contributed by atoms with E-state index in [4.69, 9.17) is 5.84 Å². The second-order valence-corrected chi connectivity index (χ2v) is 2.53. The van der Waals surface area contributed by atoms with E-state index in [2.05, 4.69) is 5.43 Å². The Hall–Kier alpha value is -1.00. The molecule has 0 spiro atoms. The van der Waals surface area contributed by atoms with E-state index in [0.717, 1.165) is 6.07 Å². The molecule has 0 saturated heterocycles. The molecule has 12 heavy (non-hydrogen) atoms. The molecular formula is C8H10F2N2. The van der Waals surface area contributed by atoms with E-state index in [9.17, 15) is 8.78 Å². The largest absolute Gasteiger partial charge is 0.271 e. The van der Waals surface area contributed by atoms with Crippen LogP contribution >= 0.6 is 0 Å². The molecule has 0 aromatic heterocycles. The lowest BCUT2D eigenvalue weighted by Gasteiger charge is -2.10. The van der Waals surface area contributed by atoms with Crippen LogP contribution in [-0.2, 0) is 0 Å². The van der Waals surface area contributed by atoms with Gasteiger partial charge in [0.15, 0.2) is 11.6 Å². The average molecular weight is 172 g/mol. The lowest BCUT2D eigenvalue weighted by atomic mass is 10.1. The Morgan fingerprint density at radius 3 is 2.67 bits per heavy atom. The third-order valence-corrected chi connectivity index (χ3v) is 1.70. The smallest absolute Gasteiger partial charge is 0.163 e. The van der Waals surface area contributed by atoms with Crippen molar-refractivity contribution in [2.75, 3.05) is 0 Å². The van der Waals surface area contributed by atoms with Crippen molar-refractivity contribution in [3.63, 3.8) is 0 Å². The van der Waals surface area contributed by atoms with Crippen molar-refractivity contribution in [3.05, 3.63) is 35.4 Å². The number of benzene rings is 1. The highest BCUT2D eigenvalue weighted by molar-refractivity contribution is 5.21. The minimum Gasteiger partial charge on any atom is -0.271 e. The van der Waals surface area contributed by atoms with Crippen LogP contribution < -0.4 is 11.3 Å². The van der Waals surface area contributed by atoms with E-state index >= 15 is 0 Å². The highest BCUT2D eigenvalue weighted by atomic mass is 19.2. The first kappa shape index (κ1) is 9.09. The molecule has 1 unspecified atom stereocenters. The average Bonchev–Trinajstić information content (AvgIpc) is 2.08. The van der Waals surface area contributed by atoms with Gasteiger partial charge in [-0.1, -0.05) is 12.1 Å². The Kier molecular flexibility index (Phi) is 2.73. The van der Waals surface area contributed by atoms with Gasteiger partial charge in [-0.25, -0.2) is 8.78 Å². The Morgan fingerprint density at radius 1 is 1.42 bits per heavy atom. The van der Waals surface area contributed by atoms with Crippen LogP contribution in [0, 0.1) is 11.6 Å². The fourth-order valence-corrected chi connectivity index (χ4v) is 0.945. The molecule has 0 radical (unpaired) electrons. The fourth-order valence-electron chi connectivity index (χ4n) is 0.945. The number of nitrogens with one attached hydrogen (secondary N) is 1. The molecule has 1 atom stereocenters. The molecule has 0 aliphatic carbocycles. The molecule has 66 valence electrons. The second-order valence-electron chi connectivity index (χ2n) is 2.53. The molecule has 0 fully saturated rings. The zero-order valence-electron chi connectivity index (χ0n) is 6.64. The lowest BCUT2D eigenvalue weighted by Crippen LogP contribution is -2.26. The molecule has 0 aliphatic rings. The number of hydrogen-bond donors (Lipinski definition) is 2. The molecule has 1 aromatic rings. The predicted molar refractivity (Wildman–Crippen MR) is 42.1 cm³/mol. The van der Waals surface area contributed by atoms with Gasteiger partial charge in [-0.15, -0.1) is 0 Å². The third-order valence-electron chi connectivity index (χ3n) is 1.70. The van der Waals surface area contributed by atoms with Crippen LogP contribution in [0.1, 0.15) is 18.5 Å². The van der Waals surface area contributed by atoms with E-state index in [0.29, 0.717) is 0 Å². The molecule has 2 nitrogen and oxygen atoms in total. The van der Waals surface area contributed by atoms with Crippen molar-refractivity contribution in [3.8, 4) is 0 Å². The highest BCUT2D eigenvalue weighted by Gasteiger charge is 2.11. The fraction of sp³-hybridized carbons (Fsp3) is 0.250. The minimum absolute atomic E-state index is 0.234. The van der Waals surface area contributed by atoms with Crippen molar-refractivity contribution in [1.82, 2.24) is 5.43 Å². The standard InChI is InChI=1S/C8H10F2N2/c1-5(12-11)6-3-2-4-7(9)8(6)10/h2-5,12H,11H2,1H3. The van der Waals surface area contributed by atoms with Gasteiger partial charge < -0.3 is 0 Å². The zero-order valence-corrected chi connectivity index (χ0v) is 6.64. The summed E-state index contributed by atoms with van der Waals surface area (Å²) in [7, 11) is 0. The molecule has 0 bridgehead atoms. The van der Waals surface area contributed by atoms with Crippen molar-refractivity contribution in [1.29, 1.82) is 0 Å². The van der Waals surface area contributed by atoms with Gasteiger partial charge in [0.05, 0.1) is 0 Å². The van der Waals surface area contributed by atoms with E-state index < -0.39 is 11.6 Å². The zero-order chi connectivity index (χ0) is 9.14. The Balaban J connectivity index is 3.07. The third kappa shape index (κ3) is 1.60. The quantitative estimate of drug-likeness (QED) is 0.524. The van der Waals surface area contributed by atoms with E-state index in [1.165, 1.54) is 12.1 Å². The summed E-state index contributed by atoms with van der Waals surface area (Å²) in [5, 5.41) is 0. The van der Waals surface area contributed by atoms with E-state index in [1.54, 1.807) is 6.92 Å². The lowest BCUT2D eigenvalue weighted by molar-refractivity contribution is 0.476. The Morgan fingerprint density at radius 2 is 2.08 bits per heavy atom. The van der Waals surface area contributed by atoms with Gasteiger partial charge in [0, 0.05) is 11.6 Å². The van der Waals surface area contributed by atoms with Crippen molar-refractivity contribution in [2.24, 2.45) is 5.84 Å². The Bertz CT molecular complexity index is 276. The van der Waals surface area contributed by atoms with Crippen LogP contribution in [0.2, 0.25) is 0 Å². The molecule has 0 saturated carbocycles. The van der Waals surface area contributed by atoms with Crippen LogP contribution in [0.3, 0.4) is 0 Å². The maximum absolute atomic E-state index is 13.0. The second kappa shape index (κ2) is 3.60. The summed E-state index contributed by atoms with van der Waals surface area (Å²) < 4.78 is 25.6. The number of nitrogens with two attached hydrogens (primary N) is 1. The Labute approximate surface area is 69.4 Å². The van der Waals surface area contributed by atoms with Crippen LogP contribution in [0.4, 0.5) is 8.78 Å². The molecule has 0 heterocycles. The van der Waals surface area contributed by atoms with E-state index in [1.807, 2.05) is 0 Å². The predicted octanol–water partition coefficient (Wildman–Crippen LogP) is 1.49. The SMILES string of the molecule is CC(NN)c1cccc(F)c1F. The summed E-state index contributed by atoms with van der Waals surface area (Å²) >= 11 is 0. The van der Waals surface area contributed by atoms with Crippen molar-refractivity contribution < 1.29 is 8.78 Å². The number of hydrogen-bond acceptors (Lipinski definition) is 2. The van der Waals surface area contributed by atoms with Gasteiger partial charge in [-0.3, -0.25) is 11.3 Å². The normalized spacial score (nSPS) is 13.0. The summed E-state index contributed by atoms with van der Waals surface area (Å²) in [6.45, 7) is 1.65. The van der Waals surface area contributed by atoms with Crippen LogP contribution in [0.5, 0.6) is 0 Å². The topological polar surface area (TPSA) is 38.0 Å². The monoisotopic (exact) mass is 172 g/mol. The van der Waals surface area contributed by atoms with Gasteiger partial charge >= 0.3 is 0 Å². The van der Waals surface area contributed by atoms with Gasteiger partial charge in [-0.2, -0.15) is 0 Å². The summed E-state index contributed by atoms with van der Waals surface area (Å²) in [6, 6.07) is 3.62. The first-order chi connectivity index (χ1) is 5.66. The minimum atomic E-state index is -0.852. The summed E-state index contributed by atoms with van der Waals surface area (Å²) in [6.07, 6.45) is 0. The first-order valence-corrected chi connectivity index (χ1v) is 3.57. The molecule has 1 aromatic carbocycles. The maximum atomic E-state index is 13.0. The first-order valence-electron chi connectivity index (χ1n) is 3.57. The van der Waals surface area contributed by atoms with E-state index in [-0.39, 0.29) is 11.6 Å². The van der Waals surface area contributed by atoms with Crippen LogP contribution in [-0.4, -0.2) is 0 Å². The van der Waals surface area contributed by atoms with Gasteiger partial charge in [0.2, 0.25) is 0 Å². The molecular weight excluding hydrogens is 162 g/mol. The number of rotatable bonds is 2. The number of hydrazine groups is 1. The summed E-state index contributed by atoms with van der Waals surface area (Å²) in [4.78, 5) is 0. The van der Waals surface area contributed by atoms with Crippen LogP contribution in [0.25, 0.3) is 0 Å².